The van der Waals surface area contributed by atoms with E-state index in [0.29, 0.717) is 24.4 Å². The Bertz CT molecular complexity index is 1110. The minimum absolute atomic E-state index is 0.151. The molecule has 6 nitrogen and oxygen atoms in total. The topological polar surface area (TPSA) is 107 Å². The third-order valence-electron chi connectivity index (χ3n) is 9.30. The average Bonchev–Trinajstić information content (AvgIpc) is 3.11. The van der Waals surface area contributed by atoms with Crippen molar-refractivity contribution in [2.24, 2.45) is 16.7 Å². The maximum absolute atomic E-state index is 12.5. The summed E-state index contributed by atoms with van der Waals surface area (Å²) in [5, 5.41) is 20.1. The number of aryl methyl sites for hydroxylation is 1. The van der Waals surface area contributed by atoms with Gasteiger partial charge in [-0.15, -0.1) is 0 Å². The smallest absolute Gasteiger partial charge is 0.393 e. The highest BCUT2D eigenvalue weighted by Gasteiger charge is 2.60. The molecule has 1 aromatic rings. The van der Waals surface area contributed by atoms with Crippen LogP contribution in [-0.4, -0.2) is 41.6 Å². The van der Waals surface area contributed by atoms with Crippen LogP contribution in [0.15, 0.2) is 30.4 Å². The zero-order valence-corrected chi connectivity index (χ0v) is 22.0. The van der Waals surface area contributed by atoms with Gasteiger partial charge >= 0.3 is 16.5 Å². The quantitative estimate of drug-likeness (QED) is 0.175. The van der Waals surface area contributed by atoms with Crippen molar-refractivity contribution in [3.05, 3.63) is 41.5 Å². The van der Waals surface area contributed by atoms with Gasteiger partial charge in [0.1, 0.15) is 6.10 Å². The van der Waals surface area contributed by atoms with Crippen molar-refractivity contribution >= 4 is 16.0 Å². The van der Waals surface area contributed by atoms with Crippen molar-refractivity contribution in [2.45, 2.75) is 102 Å². The normalized spacial score (nSPS) is 32.6. The number of halogens is 3. The van der Waals surface area contributed by atoms with Gasteiger partial charge in [-0.2, -0.15) is 21.6 Å². The predicted molar refractivity (Wildman–Crippen MR) is 135 cm³/mol. The number of anilines is 1. The van der Waals surface area contributed by atoms with Crippen LogP contribution in [0.25, 0.3) is 0 Å². The Morgan fingerprint density at radius 3 is 2.62 bits per heavy atom. The molecule has 3 unspecified atom stereocenters. The Kier molecular flexibility index (Phi) is 8.06. The predicted octanol–water partition coefficient (Wildman–Crippen LogP) is 5.92. The van der Waals surface area contributed by atoms with Crippen LogP contribution in [0.2, 0.25) is 0 Å². The Morgan fingerprint density at radius 2 is 1.92 bits per heavy atom. The molecular formula is C27H38F3NO5S. The molecule has 10 heteroatoms. The van der Waals surface area contributed by atoms with Gasteiger partial charge in [-0.3, -0.25) is 9.27 Å². The second kappa shape index (κ2) is 10.5. The van der Waals surface area contributed by atoms with E-state index in [-0.39, 0.29) is 29.3 Å². The van der Waals surface area contributed by atoms with Crippen molar-refractivity contribution in [3.63, 3.8) is 0 Å². The lowest BCUT2D eigenvalue weighted by molar-refractivity contribution is -0.205. The summed E-state index contributed by atoms with van der Waals surface area (Å²) in [4.78, 5) is 0. The zero-order chi connectivity index (χ0) is 27.1. The largest absolute Gasteiger partial charge is 0.414 e. The van der Waals surface area contributed by atoms with Gasteiger partial charge in [-0.1, -0.05) is 38.0 Å². The molecule has 6 atom stereocenters. The lowest BCUT2D eigenvalue weighted by Gasteiger charge is -2.57. The molecule has 208 valence electrons. The van der Waals surface area contributed by atoms with Crippen molar-refractivity contribution in [2.75, 3.05) is 4.72 Å². The van der Waals surface area contributed by atoms with Crippen molar-refractivity contribution in [1.82, 2.24) is 0 Å². The standard InChI is InChI=1S/C27H38F3NO5S/c1-25-15-13-21-20-9-8-19(31-37(34,35)36)17-18(20)12-16-26(21,22(25)10-11-23(25)32)14-6-4-2-3-5-7-24(33)27(28,29)30/h6,8-9,14,17,21-24,31-33H,2-5,7,10-13,15-16H2,1H3,(H,34,35,36)/t21?,22?,23-,24-,25-,26?/m0/s1. The first kappa shape index (κ1) is 28.4. The summed E-state index contributed by atoms with van der Waals surface area (Å²) < 4.78 is 71.3. The molecule has 3 aliphatic carbocycles. The summed E-state index contributed by atoms with van der Waals surface area (Å²) in [7, 11) is -4.36. The Labute approximate surface area is 217 Å². The van der Waals surface area contributed by atoms with E-state index in [2.05, 4.69) is 23.8 Å². The van der Waals surface area contributed by atoms with E-state index in [1.807, 2.05) is 6.07 Å². The van der Waals surface area contributed by atoms with E-state index in [1.54, 1.807) is 12.1 Å². The molecule has 37 heavy (non-hydrogen) atoms. The van der Waals surface area contributed by atoms with Crippen LogP contribution >= 0.6 is 0 Å². The molecule has 0 spiro atoms. The molecule has 0 bridgehead atoms. The van der Waals surface area contributed by atoms with E-state index in [4.69, 9.17) is 9.66 Å². The van der Waals surface area contributed by atoms with Crippen LogP contribution in [0.4, 0.5) is 18.9 Å². The van der Waals surface area contributed by atoms with Gasteiger partial charge in [0.25, 0.3) is 0 Å². The molecule has 0 aromatic heterocycles. The van der Waals surface area contributed by atoms with Crippen LogP contribution in [0, 0.1) is 16.7 Å². The van der Waals surface area contributed by atoms with Crippen LogP contribution in [-0.2, 0) is 16.7 Å². The lowest BCUT2D eigenvalue weighted by Crippen LogP contribution is -2.50. The fourth-order valence-corrected chi connectivity index (χ4v) is 7.91. The molecule has 0 radical (unpaired) electrons. The number of alkyl halides is 3. The molecule has 4 rings (SSSR count). The van der Waals surface area contributed by atoms with Crippen LogP contribution in [0.3, 0.4) is 0 Å². The Morgan fingerprint density at radius 1 is 1.16 bits per heavy atom. The van der Waals surface area contributed by atoms with E-state index in [9.17, 15) is 26.7 Å². The number of aliphatic hydroxyl groups is 2. The molecule has 3 aliphatic rings. The van der Waals surface area contributed by atoms with Gasteiger partial charge in [0, 0.05) is 0 Å². The maximum atomic E-state index is 12.5. The second-order valence-electron chi connectivity index (χ2n) is 11.4. The fourth-order valence-electron chi connectivity index (χ4n) is 7.48. The van der Waals surface area contributed by atoms with Gasteiger partial charge < -0.3 is 10.2 Å². The molecule has 0 heterocycles. The lowest BCUT2D eigenvalue weighted by atomic mass is 9.47. The summed E-state index contributed by atoms with van der Waals surface area (Å²) in [6.45, 7) is 2.20. The summed E-state index contributed by atoms with van der Waals surface area (Å²) in [5.74, 6) is 0.522. The van der Waals surface area contributed by atoms with Crippen LogP contribution in [0.1, 0.15) is 88.2 Å². The van der Waals surface area contributed by atoms with Crippen molar-refractivity contribution in [3.8, 4) is 0 Å². The van der Waals surface area contributed by atoms with Crippen LogP contribution < -0.4 is 4.72 Å². The minimum atomic E-state index is -4.56. The minimum Gasteiger partial charge on any atom is -0.393 e. The third-order valence-corrected chi connectivity index (χ3v) is 9.80. The monoisotopic (exact) mass is 545 g/mol. The first-order chi connectivity index (χ1) is 17.3. The summed E-state index contributed by atoms with van der Waals surface area (Å²) in [6.07, 6.45) is 4.58. The highest BCUT2D eigenvalue weighted by atomic mass is 32.2. The second-order valence-corrected chi connectivity index (χ2v) is 12.6. The molecule has 4 N–H and O–H groups in total. The highest BCUT2D eigenvalue weighted by molar-refractivity contribution is 7.87. The van der Waals surface area contributed by atoms with Crippen molar-refractivity contribution < 1.29 is 36.4 Å². The van der Waals surface area contributed by atoms with Gasteiger partial charge in [0.15, 0.2) is 0 Å². The molecule has 0 aliphatic heterocycles. The number of nitrogens with one attached hydrogen (secondary N) is 1. The van der Waals surface area contributed by atoms with Crippen molar-refractivity contribution in [1.29, 1.82) is 0 Å². The van der Waals surface area contributed by atoms with Gasteiger partial charge in [-0.05, 0) is 104 Å². The third kappa shape index (κ3) is 5.87. The number of unbranched alkanes of at least 4 members (excludes halogenated alkanes) is 3. The zero-order valence-electron chi connectivity index (χ0n) is 21.2. The number of benzene rings is 1. The molecule has 0 amide bonds. The molecular weight excluding hydrogens is 507 g/mol. The average molecular weight is 546 g/mol. The van der Waals surface area contributed by atoms with Gasteiger partial charge in [0.05, 0.1) is 11.8 Å². The number of fused-ring (bicyclic) bond motifs is 5. The Balaban J connectivity index is 1.51. The molecule has 0 saturated heterocycles. The first-order valence-corrected chi connectivity index (χ1v) is 14.7. The summed E-state index contributed by atoms with van der Waals surface area (Å²) in [6, 6.07) is 5.43. The number of allylic oxidation sites excluding steroid dienone is 2. The van der Waals surface area contributed by atoms with Gasteiger partial charge in [-0.25, -0.2) is 0 Å². The highest BCUT2D eigenvalue weighted by Crippen LogP contribution is 2.67. The van der Waals surface area contributed by atoms with Gasteiger partial charge in [0.2, 0.25) is 0 Å². The number of hydrogen-bond acceptors (Lipinski definition) is 4. The molecule has 1 aromatic carbocycles. The van der Waals surface area contributed by atoms with Crippen LogP contribution in [0.5, 0.6) is 0 Å². The summed E-state index contributed by atoms with van der Waals surface area (Å²) >= 11 is 0. The van der Waals surface area contributed by atoms with E-state index >= 15 is 0 Å². The number of rotatable bonds is 9. The number of aliphatic hydroxyl groups excluding tert-OH is 2. The Hall–Kier alpha value is -1.62. The maximum Gasteiger partial charge on any atom is 0.414 e. The van der Waals surface area contributed by atoms with E-state index < -0.39 is 22.6 Å². The molecule has 2 fully saturated rings. The summed E-state index contributed by atoms with van der Waals surface area (Å²) in [5.41, 5.74) is 2.26. The SMILES string of the molecule is C[C@]12CCC3c4ccc(NS(=O)(=O)O)cc4CCC3(C=CCCCCC[C@H](O)C(F)(F)F)C1CC[C@@H]2O. The first-order valence-electron chi connectivity index (χ1n) is 13.2. The van der Waals surface area contributed by atoms with E-state index in [1.165, 1.54) is 5.56 Å². The molecule has 2 saturated carbocycles. The fraction of sp³-hybridized carbons (Fsp3) is 0.704. The number of hydrogen-bond donors (Lipinski definition) is 4. The van der Waals surface area contributed by atoms with E-state index in [0.717, 1.165) is 56.9 Å².